The van der Waals surface area contributed by atoms with Gasteiger partial charge in [-0.25, -0.2) is 9.69 Å². The van der Waals surface area contributed by atoms with Crippen molar-refractivity contribution < 1.29 is 14.3 Å². The van der Waals surface area contributed by atoms with Crippen LogP contribution in [0.1, 0.15) is 31.9 Å². The first-order valence-electron chi connectivity index (χ1n) is 10.2. The van der Waals surface area contributed by atoms with Crippen molar-refractivity contribution in [3.05, 3.63) is 70.7 Å². The zero-order valence-electron chi connectivity index (χ0n) is 17.6. The van der Waals surface area contributed by atoms with Gasteiger partial charge >= 0.3 is 6.09 Å². The first kappa shape index (κ1) is 20.9. The molecule has 2 atom stereocenters. The number of likely N-dealkylation sites (tertiary alicyclic amines) is 2. The van der Waals surface area contributed by atoms with E-state index in [2.05, 4.69) is 17.0 Å². The lowest BCUT2D eigenvalue weighted by molar-refractivity contribution is -0.130. The highest BCUT2D eigenvalue weighted by atomic mass is 35.5. The van der Waals surface area contributed by atoms with Crippen LogP contribution in [0.5, 0.6) is 0 Å². The van der Waals surface area contributed by atoms with E-state index >= 15 is 0 Å². The average molecular weight is 427 g/mol. The number of halogens is 1. The second-order valence-electron chi connectivity index (χ2n) is 9.28. The number of ether oxygens (including phenoxy) is 1. The van der Waals surface area contributed by atoms with E-state index < -0.39 is 17.1 Å². The van der Waals surface area contributed by atoms with Crippen LogP contribution in [-0.2, 0) is 21.5 Å². The highest BCUT2D eigenvalue weighted by molar-refractivity contribution is 6.30. The molecule has 0 saturated carbocycles. The normalized spacial score (nSPS) is 24.2. The van der Waals surface area contributed by atoms with Crippen molar-refractivity contribution in [1.82, 2.24) is 9.80 Å². The van der Waals surface area contributed by atoms with Crippen molar-refractivity contribution in [3.63, 3.8) is 0 Å². The summed E-state index contributed by atoms with van der Waals surface area (Å²) in [6.45, 7) is 7.81. The average Bonchev–Trinajstić information content (AvgIpc) is 3.17. The summed E-state index contributed by atoms with van der Waals surface area (Å²) in [4.78, 5) is 29.7. The maximum absolute atomic E-state index is 13.3. The van der Waals surface area contributed by atoms with Crippen molar-refractivity contribution in [2.75, 3.05) is 19.6 Å². The molecular formula is C24H27ClN2O3. The van der Waals surface area contributed by atoms with Gasteiger partial charge in [-0.3, -0.25) is 9.69 Å². The number of rotatable bonds is 3. The second-order valence-corrected chi connectivity index (χ2v) is 9.71. The SMILES string of the molecule is CC(C)(C)OC(=O)N1C[C@]2(c3ccc(Cl)cc3)CN(Cc3ccccc3)C[C@@H]2C1=O. The molecule has 4 rings (SSSR count). The predicted octanol–water partition coefficient (Wildman–Crippen LogP) is 4.49. The molecule has 158 valence electrons. The maximum Gasteiger partial charge on any atom is 0.417 e. The van der Waals surface area contributed by atoms with Gasteiger partial charge in [-0.2, -0.15) is 0 Å². The fourth-order valence-electron chi connectivity index (χ4n) is 4.63. The first-order chi connectivity index (χ1) is 14.2. The molecule has 2 aliphatic heterocycles. The standard InChI is InChI=1S/C24H27ClN2O3/c1-23(2,3)30-22(29)27-16-24(18-9-11-19(25)12-10-18)15-26(14-20(24)21(27)28)13-17-7-5-4-6-8-17/h4-12,20H,13-16H2,1-3H3/t20-,24+/m1/s1. The molecule has 2 amide bonds. The fraction of sp³-hybridized carbons (Fsp3) is 0.417. The van der Waals surface area contributed by atoms with E-state index in [0.717, 1.165) is 12.1 Å². The molecule has 2 fully saturated rings. The summed E-state index contributed by atoms with van der Waals surface area (Å²) in [7, 11) is 0. The lowest BCUT2D eigenvalue weighted by Crippen LogP contribution is -2.42. The van der Waals surface area contributed by atoms with Gasteiger partial charge in [-0.15, -0.1) is 0 Å². The molecule has 0 aliphatic carbocycles. The Morgan fingerprint density at radius 1 is 1.10 bits per heavy atom. The van der Waals surface area contributed by atoms with E-state index in [4.69, 9.17) is 16.3 Å². The van der Waals surface area contributed by atoms with Crippen LogP contribution in [0.4, 0.5) is 4.79 Å². The smallest absolute Gasteiger partial charge is 0.417 e. The molecule has 2 saturated heterocycles. The van der Waals surface area contributed by atoms with Crippen LogP contribution < -0.4 is 0 Å². The number of carbonyl (C=O) groups is 2. The highest BCUT2D eigenvalue weighted by Crippen LogP contribution is 2.46. The Balaban J connectivity index is 1.64. The summed E-state index contributed by atoms with van der Waals surface area (Å²) in [6, 6.07) is 17.9. The van der Waals surface area contributed by atoms with Crippen LogP contribution in [0.2, 0.25) is 5.02 Å². The fourth-order valence-corrected chi connectivity index (χ4v) is 4.75. The summed E-state index contributed by atoms with van der Waals surface area (Å²) in [5.41, 5.74) is 1.13. The van der Waals surface area contributed by atoms with Crippen molar-refractivity contribution in [3.8, 4) is 0 Å². The minimum Gasteiger partial charge on any atom is -0.443 e. The van der Waals surface area contributed by atoms with Crippen LogP contribution in [0.3, 0.4) is 0 Å². The van der Waals surface area contributed by atoms with Crippen molar-refractivity contribution in [2.45, 2.75) is 38.3 Å². The molecule has 2 aliphatic rings. The lowest BCUT2D eigenvalue weighted by atomic mass is 9.75. The Morgan fingerprint density at radius 3 is 2.40 bits per heavy atom. The van der Waals surface area contributed by atoms with Gasteiger partial charge in [0.05, 0.1) is 5.92 Å². The van der Waals surface area contributed by atoms with Gasteiger partial charge in [0.1, 0.15) is 5.60 Å². The van der Waals surface area contributed by atoms with Gasteiger partial charge in [0, 0.05) is 36.6 Å². The van der Waals surface area contributed by atoms with E-state index in [-0.39, 0.29) is 11.8 Å². The van der Waals surface area contributed by atoms with E-state index in [1.165, 1.54) is 10.5 Å². The van der Waals surface area contributed by atoms with Crippen LogP contribution in [0, 0.1) is 5.92 Å². The molecule has 2 heterocycles. The van der Waals surface area contributed by atoms with Gasteiger partial charge in [-0.05, 0) is 44.0 Å². The van der Waals surface area contributed by atoms with Crippen LogP contribution in [0.25, 0.3) is 0 Å². The topological polar surface area (TPSA) is 49.9 Å². The number of nitrogens with zero attached hydrogens (tertiary/aromatic N) is 2. The molecule has 0 spiro atoms. The minimum atomic E-state index is -0.651. The third kappa shape index (κ3) is 3.96. The lowest BCUT2D eigenvalue weighted by Gasteiger charge is -2.30. The van der Waals surface area contributed by atoms with Gasteiger partial charge < -0.3 is 4.74 Å². The Labute approximate surface area is 182 Å². The summed E-state index contributed by atoms with van der Waals surface area (Å²) in [5.74, 6) is -0.454. The quantitative estimate of drug-likeness (QED) is 0.725. The number of hydrogen-bond acceptors (Lipinski definition) is 4. The summed E-state index contributed by atoms with van der Waals surface area (Å²) in [6.07, 6.45) is -0.565. The van der Waals surface area contributed by atoms with Crippen LogP contribution in [0.15, 0.2) is 54.6 Å². The molecule has 5 nitrogen and oxygen atoms in total. The Hall–Kier alpha value is -2.37. The first-order valence-corrected chi connectivity index (χ1v) is 10.6. The van der Waals surface area contributed by atoms with E-state index in [0.29, 0.717) is 24.7 Å². The number of benzene rings is 2. The molecule has 0 aromatic heterocycles. The van der Waals surface area contributed by atoms with Crippen LogP contribution >= 0.6 is 11.6 Å². The zero-order valence-corrected chi connectivity index (χ0v) is 18.4. The molecule has 30 heavy (non-hydrogen) atoms. The summed E-state index contributed by atoms with van der Waals surface area (Å²) < 4.78 is 5.51. The van der Waals surface area contributed by atoms with Crippen molar-refractivity contribution in [1.29, 1.82) is 0 Å². The van der Waals surface area contributed by atoms with Gasteiger partial charge in [0.15, 0.2) is 0 Å². The largest absolute Gasteiger partial charge is 0.443 e. The Bertz CT molecular complexity index is 939. The van der Waals surface area contributed by atoms with E-state index in [1.54, 1.807) is 0 Å². The highest BCUT2D eigenvalue weighted by Gasteiger charge is 2.60. The van der Waals surface area contributed by atoms with Gasteiger partial charge in [0.2, 0.25) is 5.91 Å². The number of carbonyl (C=O) groups excluding carboxylic acids is 2. The predicted molar refractivity (Wildman–Crippen MR) is 116 cm³/mol. The molecular weight excluding hydrogens is 400 g/mol. The van der Waals surface area contributed by atoms with Gasteiger partial charge in [-0.1, -0.05) is 54.1 Å². The molecule has 2 aromatic rings. The minimum absolute atomic E-state index is 0.158. The number of amides is 2. The van der Waals surface area contributed by atoms with Crippen LogP contribution in [-0.4, -0.2) is 47.0 Å². The van der Waals surface area contributed by atoms with Gasteiger partial charge in [0.25, 0.3) is 0 Å². The molecule has 0 radical (unpaired) electrons. The molecule has 6 heteroatoms. The third-order valence-corrected chi connectivity index (χ3v) is 6.15. The molecule has 0 bridgehead atoms. The number of imide groups is 1. The number of fused-ring (bicyclic) bond motifs is 1. The van der Waals surface area contributed by atoms with Crippen molar-refractivity contribution >= 4 is 23.6 Å². The Kier molecular flexibility index (Phi) is 5.37. The molecule has 2 aromatic carbocycles. The summed E-state index contributed by atoms with van der Waals surface area (Å²) >= 11 is 6.11. The second kappa shape index (κ2) is 7.71. The number of hydrogen-bond donors (Lipinski definition) is 0. The monoisotopic (exact) mass is 426 g/mol. The molecule has 0 N–H and O–H groups in total. The Morgan fingerprint density at radius 2 is 1.77 bits per heavy atom. The summed E-state index contributed by atoms with van der Waals surface area (Å²) in [5, 5.41) is 0.652. The molecule has 0 unspecified atom stereocenters. The van der Waals surface area contributed by atoms with E-state index in [1.807, 2.05) is 63.2 Å². The third-order valence-electron chi connectivity index (χ3n) is 5.90. The maximum atomic E-state index is 13.3. The van der Waals surface area contributed by atoms with E-state index in [9.17, 15) is 9.59 Å². The van der Waals surface area contributed by atoms with Crippen molar-refractivity contribution in [2.24, 2.45) is 5.92 Å². The zero-order chi connectivity index (χ0) is 21.5.